The third-order valence-electron chi connectivity index (χ3n) is 2.28. The Kier molecular flexibility index (Phi) is 5.10. The zero-order chi connectivity index (χ0) is 13.5. The number of aryl methyl sites for hydroxylation is 1. The van der Waals surface area contributed by atoms with Gasteiger partial charge < -0.3 is 9.47 Å². The van der Waals surface area contributed by atoms with Crippen molar-refractivity contribution in [1.82, 2.24) is 0 Å². The lowest BCUT2D eigenvalue weighted by molar-refractivity contribution is -0.385. The van der Waals surface area contributed by atoms with Crippen LogP contribution in [0.15, 0.2) is 18.2 Å². The van der Waals surface area contributed by atoms with Crippen LogP contribution in [0.4, 0.5) is 5.69 Å². The number of nitro benzene ring substituents is 1. The van der Waals surface area contributed by atoms with Gasteiger partial charge in [-0.25, -0.2) is 4.79 Å². The van der Waals surface area contributed by atoms with Gasteiger partial charge in [0, 0.05) is 6.07 Å². The van der Waals surface area contributed by atoms with Crippen molar-refractivity contribution in [2.45, 2.75) is 20.3 Å². The number of rotatable bonds is 6. The summed E-state index contributed by atoms with van der Waals surface area (Å²) in [5, 5.41) is 10.9. The molecule has 1 aromatic carbocycles. The molecule has 18 heavy (non-hydrogen) atoms. The summed E-state index contributed by atoms with van der Waals surface area (Å²) in [5.41, 5.74) is 0.698. The average Bonchev–Trinajstić information content (AvgIpc) is 2.36. The zero-order valence-corrected chi connectivity index (χ0v) is 10.3. The Morgan fingerprint density at radius 2 is 2.11 bits per heavy atom. The van der Waals surface area contributed by atoms with E-state index < -0.39 is 10.9 Å². The summed E-state index contributed by atoms with van der Waals surface area (Å²) in [6, 6.07) is 4.67. The van der Waals surface area contributed by atoms with Gasteiger partial charge in [0.15, 0.2) is 12.4 Å². The van der Waals surface area contributed by atoms with Gasteiger partial charge in [-0.2, -0.15) is 0 Å². The van der Waals surface area contributed by atoms with Crippen LogP contribution in [0.1, 0.15) is 19.4 Å². The number of nitrogens with zero attached hydrogens (tertiary/aromatic N) is 1. The molecule has 6 nitrogen and oxygen atoms in total. The Labute approximate surface area is 105 Å². The monoisotopic (exact) mass is 253 g/mol. The molecule has 0 aliphatic rings. The van der Waals surface area contributed by atoms with E-state index in [-0.39, 0.29) is 24.7 Å². The largest absolute Gasteiger partial charge is 0.475 e. The summed E-state index contributed by atoms with van der Waals surface area (Å²) in [6.07, 6.45) is 0.693. The summed E-state index contributed by atoms with van der Waals surface area (Å²) >= 11 is 0. The number of benzene rings is 1. The van der Waals surface area contributed by atoms with Gasteiger partial charge in [-0.15, -0.1) is 0 Å². The van der Waals surface area contributed by atoms with E-state index in [9.17, 15) is 14.9 Å². The first kappa shape index (κ1) is 14.0. The maximum absolute atomic E-state index is 11.1. The quantitative estimate of drug-likeness (QED) is 0.440. The lowest BCUT2D eigenvalue weighted by atomic mass is 10.1. The normalized spacial score (nSPS) is 9.89. The van der Waals surface area contributed by atoms with Crippen LogP contribution in [0.3, 0.4) is 0 Å². The molecule has 0 aliphatic carbocycles. The van der Waals surface area contributed by atoms with Crippen molar-refractivity contribution in [1.29, 1.82) is 0 Å². The Balaban J connectivity index is 2.81. The van der Waals surface area contributed by atoms with Crippen molar-refractivity contribution >= 4 is 11.7 Å². The fourth-order valence-electron chi connectivity index (χ4n) is 1.39. The van der Waals surface area contributed by atoms with Crippen molar-refractivity contribution < 1.29 is 19.2 Å². The van der Waals surface area contributed by atoms with E-state index in [1.165, 1.54) is 12.1 Å². The molecule has 0 bridgehead atoms. The van der Waals surface area contributed by atoms with Crippen molar-refractivity contribution in [3.63, 3.8) is 0 Å². The molecule has 1 rings (SSSR count). The molecule has 0 spiro atoms. The first-order valence-electron chi connectivity index (χ1n) is 5.64. The molecule has 0 radical (unpaired) electrons. The Morgan fingerprint density at radius 1 is 1.39 bits per heavy atom. The molecular formula is C12H15NO5. The molecule has 0 unspecified atom stereocenters. The molecule has 98 valence electrons. The van der Waals surface area contributed by atoms with E-state index >= 15 is 0 Å². The van der Waals surface area contributed by atoms with Crippen molar-refractivity contribution in [2.75, 3.05) is 13.2 Å². The first-order valence-corrected chi connectivity index (χ1v) is 5.64. The van der Waals surface area contributed by atoms with Gasteiger partial charge in [0.05, 0.1) is 11.5 Å². The number of hydrogen-bond acceptors (Lipinski definition) is 5. The van der Waals surface area contributed by atoms with Crippen LogP contribution < -0.4 is 4.74 Å². The predicted octanol–water partition coefficient (Wildman–Crippen LogP) is 2.10. The van der Waals surface area contributed by atoms with Crippen LogP contribution >= 0.6 is 0 Å². The third-order valence-corrected chi connectivity index (χ3v) is 2.28. The summed E-state index contributed by atoms with van der Waals surface area (Å²) in [5.74, 6) is -0.475. The molecule has 0 atom stereocenters. The summed E-state index contributed by atoms with van der Waals surface area (Å²) in [4.78, 5) is 21.4. The minimum absolute atomic E-state index is 0.0743. The highest BCUT2D eigenvalue weighted by molar-refractivity contribution is 5.71. The first-order chi connectivity index (χ1) is 8.58. The second-order valence-electron chi connectivity index (χ2n) is 3.51. The van der Waals surface area contributed by atoms with Gasteiger partial charge >= 0.3 is 11.7 Å². The van der Waals surface area contributed by atoms with E-state index in [0.717, 1.165) is 5.56 Å². The van der Waals surface area contributed by atoms with Crippen molar-refractivity contribution in [3.05, 3.63) is 33.9 Å². The third kappa shape index (κ3) is 3.73. The summed E-state index contributed by atoms with van der Waals surface area (Å²) in [7, 11) is 0. The van der Waals surface area contributed by atoms with E-state index in [0.29, 0.717) is 6.42 Å². The molecule has 0 heterocycles. The molecule has 1 aromatic rings. The number of hydrogen-bond donors (Lipinski definition) is 0. The van der Waals surface area contributed by atoms with Crippen LogP contribution in [-0.4, -0.2) is 24.1 Å². The van der Waals surface area contributed by atoms with Crippen molar-refractivity contribution in [3.8, 4) is 5.75 Å². The van der Waals surface area contributed by atoms with Crippen LogP contribution in [0.25, 0.3) is 0 Å². The second kappa shape index (κ2) is 6.58. The molecular weight excluding hydrogens is 238 g/mol. The molecule has 0 amide bonds. The molecule has 0 aliphatic heterocycles. The molecule has 0 saturated carbocycles. The minimum atomic E-state index is -0.550. The van der Waals surface area contributed by atoms with Crippen LogP contribution in [0.5, 0.6) is 5.75 Å². The van der Waals surface area contributed by atoms with E-state index in [1.807, 2.05) is 6.92 Å². The van der Waals surface area contributed by atoms with E-state index in [4.69, 9.17) is 4.74 Å². The molecule has 0 aromatic heterocycles. The number of ether oxygens (including phenoxy) is 2. The van der Waals surface area contributed by atoms with E-state index in [1.54, 1.807) is 13.0 Å². The van der Waals surface area contributed by atoms with E-state index in [2.05, 4.69) is 4.74 Å². The van der Waals surface area contributed by atoms with Gasteiger partial charge in [0.25, 0.3) is 0 Å². The molecule has 0 N–H and O–H groups in total. The van der Waals surface area contributed by atoms with Gasteiger partial charge in [0.1, 0.15) is 0 Å². The SMILES string of the molecule is CCOC(=O)COc1ccc(CC)cc1[N+](=O)[O-]. The number of esters is 1. The molecule has 0 fully saturated rings. The highest BCUT2D eigenvalue weighted by Crippen LogP contribution is 2.28. The van der Waals surface area contributed by atoms with Gasteiger partial charge in [-0.1, -0.05) is 13.0 Å². The maximum atomic E-state index is 11.1. The summed E-state index contributed by atoms with van der Waals surface area (Å²) in [6.45, 7) is 3.49. The molecule has 0 saturated heterocycles. The van der Waals surface area contributed by atoms with Gasteiger partial charge in [-0.05, 0) is 25.0 Å². The lowest BCUT2D eigenvalue weighted by Crippen LogP contribution is -2.15. The summed E-state index contributed by atoms with van der Waals surface area (Å²) < 4.78 is 9.77. The highest BCUT2D eigenvalue weighted by Gasteiger charge is 2.16. The fraction of sp³-hybridized carbons (Fsp3) is 0.417. The zero-order valence-electron chi connectivity index (χ0n) is 10.3. The fourth-order valence-corrected chi connectivity index (χ4v) is 1.39. The Morgan fingerprint density at radius 3 is 2.67 bits per heavy atom. The highest BCUT2D eigenvalue weighted by atomic mass is 16.6. The Hall–Kier alpha value is -2.11. The average molecular weight is 253 g/mol. The number of nitro groups is 1. The maximum Gasteiger partial charge on any atom is 0.344 e. The smallest absolute Gasteiger partial charge is 0.344 e. The lowest BCUT2D eigenvalue weighted by Gasteiger charge is -2.07. The van der Waals surface area contributed by atoms with Crippen LogP contribution in [0.2, 0.25) is 0 Å². The minimum Gasteiger partial charge on any atom is -0.475 e. The van der Waals surface area contributed by atoms with Crippen molar-refractivity contribution in [2.24, 2.45) is 0 Å². The predicted molar refractivity (Wildman–Crippen MR) is 64.6 cm³/mol. The van der Waals surface area contributed by atoms with Crippen LogP contribution in [-0.2, 0) is 16.0 Å². The number of carbonyl (C=O) groups is 1. The standard InChI is InChI=1S/C12H15NO5/c1-3-9-5-6-11(10(7-9)13(15)16)18-8-12(14)17-4-2/h5-7H,3-4,8H2,1-2H3. The number of carbonyl (C=O) groups excluding carboxylic acids is 1. The second-order valence-corrected chi connectivity index (χ2v) is 3.51. The van der Waals surface area contributed by atoms with Gasteiger partial charge in [0.2, 0.25) is 0 Å². The Bertz CT molecular complexity index is 444. The topological polar surface area (TPSA) is 78.7 Å². The molecule has 6 heteroatoms. The van der Waals surface area contributed by atoms with Gasteiger partial charge in [-0.3, -0.25) is 10.1 Å². The van der Waals surface area contributed by atoms with Crippen LogP contribution in [0, 0.1) is 10.1 Å².